The zero-order chi connectivity index (χ0) is 13.2. The van der Waals surface area contributed by atoms with Crippen LogP contribution in [0.2, 0.25) is 0 Å². The lowest BCUT2D eigenvalue weighted by atomic mass is 10.3. The molecule has 0 amide bonds. The molecule has 6 nitrogen and oxygen atoms in total. The lowest BCUT2D eigenvalue weighted by molar-refractivity contribution is 1.21. The normalized spacial score (nSPS) is 10.8. The predicted molar refractivity (Wildman–Crippen MR) is 77.6 cm³/mol. The summed E-state index contributed by atoms with van der Waals surface area (Å²) in [5.41, 5.74) is 7.91. The second kappa shape index (κ2) is 4.77. The summed E-state index contributed by atoms with van der Waals surface area (Å²) in [7, 11) is 0. The van der Waals surface area contributed by atoms with Crippen molar-refractivity contribution in [2.45, 2.75) is 4.90 Å². The number of anilines is 3. The first-order chi connectivity index (χ1) is 9.26. The number of rotatable bonds is 3. The molecule has 1 aromatic carbocycles. The molecule has 0 aliphatic heterocycles. The van der Waals surface area contributed by atoms with Gasteiger partial charge in [-0.1, -0.05) is 6.07 Å². The fourth-order valence-corrected chi connectivity index (χ4v) is 2.24. The Hall–Kier alpha value is -2.28. The monoisotopic (exact) mass is 272 g/mol. The van der Waals surface area contributed by atoms with Crippen LogP contribution in [0.25, 0.3) is 11.2 Å². The largest absolute Gasteiger partial charge is 0.368 e. The highest BCUT2D eigenvalue weighted by Gasteiger charge is 2.08. The number of nitrogens with one attached hydrogen (secondary N) is 2. The van der Waals surface area contributed by atoms with E-state index in [4.69, 9.17) is 5.73 Å². The Labute approximate surface area is 113 Å². The van der Waals surface area contributed by atoms with Crippen LogP contribution in [0.3, 0.4) is 0 Å². The third kappa shape index (κ3) is 2.32. The molecular formula is C12H12N6S. The van der Waals surface area contributed by atoms with Crippen LogP contribution in [0.5, 0.6) is 0 Å². The summed E-state index contributed by atoms with van der Waals surface area (Å²) < 4.78 is 0. The Kier molecular flexibility index (Phi) is 2.96. The van der Waals surface area contributed by atoms with Crippen LogP contribution in [-0.4, -0.2) is 26.2 Å². The first-order valence-electron chi connectivity index (χ1n) is 5.64. The van der Waals surface area contributed by atoms with E-state index in [2.05, 4.69) is 31.3 Å². The van der Waals surface area contributed by atoms with Crippen molar-refractivity contribution in [1.82, 2.24) is 19.9 Å². The van der Waals surface area contributed by atoms with E-state index in [1.54, 1.807) is 18.1 Å². The maximum Gasteiger partial charge on any atom is 0.224 e. The molecule has 96 valence electrons. The topological polar surface area (TPSA) is 92.5 Å². The van der Waals surface area contributed by atoms with Gasteiger partial charge >= 0.3 is 0 Å². The number of nitrogens with two attached hydrogens (primary N) is 1. The molecule has 0 bridgehead atoms. The number of aromatic amines is 1. The van der Waals surface area contributed by atoms with E-state index in [0.717, 1.165) is 11.2 Å². The minimum atomic E-state index is 0.197. The maximum atomic E-state index is 5.67. The fraction of sp³-hybridized carbons (Fsp3) is 0.0833. The third-order valence-corrected chi connectivity index (χ3v) is 3.36. The SMILES string of the molecule is CSc1cccc(Nc2nc(N)nc3nc[nH]c23)c1. The second-order valence-electron chi connectivity index (χ2n) is 3.89. The molecule has 0 saturated heterocycles. The molecule has 0 spiro atoms. The lowest BCUT2D eigenvalue weighted by Crippen LogP contribution is -2.01. The number of hydrogen-bond donors (Lipinski definition) is 3. The van der Waals surface area contributed by atoms with Gasteiger partial charge in [-0.3, -0.25) is 0 Å². The molecule has 0 radical (unpaired) electrons. The number of H-pyrrole nitrogens is 1. The molecule has 0 aliphatic rings. The number of nitrogens with zero attached hydrogens (tertiary/aromatic N) is 3. The van der Waals surface area contributed by atoms with Gasteiger partial charge in [0, 0.05) is 10.6 Å². The quantitative estimate of drug-likeness (QED) is 0.634. The second-order valence-corrected chi connectivity index (χ2v) is 4.77. The van der Waals surface area contributed by atoms with E-state index in [9.17, 15) is 0 Å². The Morgan fingerprint density at radius 3 is 3.05 bits per heavy atom. The molecule has 0 fully saturated rings. The van der Waals surface area contributed by atoms with Gasteiger partial charge in [0.15, 0.2) is 11.5 Å². The van der Waals surface area contributed by atoms with Crippen molar-refractivity contribution in [1.29, 1.82) is 0 Å². The van der Waals surface area contributed by atoms with Gasteiger partial charge in [-0.2, -0.15) is 9.97 Å². The number of aromatic nitrogens is 4. The average Bonchev–Trinajstić information content (AvgIpc) is 2.87. The molecule has 2 heterocycles. The molecule has 3 aromatic rings. The minimum absolute atomic E-state index is 0.197. The summed E-state index contributed by atoms with van der Waals surface area (Å²) in [4.78, 5) is 16.5. The van der Waals surface area contributed by atoms with Crippen LogP contribution >= 0.6 is 11.8 Å². The van der Waals surface area contributed by atoms with E-state index >= 15 is 0 Å². The summed E-state index contributed by atoms with van der Waals surface area (Å²) in [6.45, 7) is 0. The smallest absolute Gasteiger partial charge is 0.224 e. The van der Waals surface area contributed by atoms with Crippen molar-refractivity contribution < 1.29 is 0 Å². The van der Waals surface area contributed by atoms with Crippen LogP contribution in [0.1, 0.15) is 0 Å². The van der Waals surface area contributed by atoms with Crippen molar-refractivity contribution in [3.05, 3.63) is 30.6 Å². The van der Waals surface area contributed by atoms with Crippen LogP contribution < -0.4 is 11.1 Å². The average molecular weight is 272 g/mol. The van der Waals surface area contributed by atoms with Gasteiger partial charge in [0.1, 0.15) is 5.52 Å². The zero-order valence-electron chi connectivity index (χ0n) is 10.2. The minimum Gasteiger partial charge on any atom is -0.368 e. The van der Waals surface area contributed by atoms with Gasteiger partial charge in [-0.25, -0.2) is 4.98 Å². The Bertz CT molecular complexity index is 723. The van der Waals surface area contributed by atoms with E-state index < -0.39 is 0 Å². The Balaban J connectivity index is 2.02. The Morgan fingerprint density at radius 2 is 2.21 bits per heavy atom. The summed E-state index contributed by atoms with van der Waals surface area (Å²) in [6.07, 6.45) is 3.61. The van der Waals surface area contributed by atoms with E-state index in [-0.39, 0.29) is 5.95 Å². The molecule has 0 unspecified atom stereocenters. The van der Waals surface area contributed by atoms with E-state index in [1.165, 1.54) is 4.90 Å². The lowest BCUT2D eigenvalue weighted by Gasteiger charge is -2.07. The van der Waals surface area contributed by atoms with Crippen LogP contribution in [0.4, 0.5) is 17.5 Å². The highest BCUT2D eigenvalue weighted by atomic mass is 32.2. The summed E-state index contributed by atoms with van der Waals surface area (Å²) in [5, 5.41) is 3.23. The van der Waals surface area contributed by atoms with Crippen LogP contribution in [0, 0.1) is 0 Å². The van der Waals surface area contributed by atoms with Crippen molar-refractivity contribution in [2.24, 2.45) is 0 Å². The van der Waals surface area contributed by atoms with Gasteiger partial charge in [-0.05, 0) is 24.5 Å². The number of benzene rings is 1. The third-order valence-electron chi connectivity index (χ3n) is 2.64. The molecule has 19 heavy (non-hydrogen) atoms. The predicted octanol–water partition coefficient (Wildman–Crippen LogP) is 2.40. The zero-order valence-corrected chi connectivity index (χ0v) is 11.0. The summed E-state index contributed by atoms with van der Waals surface area (Å²) >= 11 is 1.68. The van der Waals surface area contributed by atoms with Gasteiger partial charge in [0.25, 0.3) is 0 Å². The molecule has 4 N–H and O–H groups in total. The van der Waals surface area contributed by atoms with Crippen molar-refractivity contribution in [2.75, 3.05) is 17.3 Å². The number of imidazole rings is 1. The number of nitrogen functional groups attached to an aromatic ring is 1. The van der Waals surface area contributed by atoms with Gasteiger partial charge in [-0.15, -0.1) is 11.8 Å². The summed E-state index contributed by atoms with van der Waals surface area (Å²) in [6, 6.07) is 8.06. The molecule has 7 heteroatoms. The Morgan fingerprint density at radius 1 is 1.32 bits per heavy atom. The molecule has 0 aliphatic carbocycles. The van der Waals surface area contributed by atoms with Crippen LogP contribution in [-0.2, 0) is 0 Å². The van der Waals surface area contributed by atoms with Crippen molar-refractivity contribution in [3.63, 3.8) is 0 Å². The van der Waals surface area contributed by atoms with E-state index in [1.807, 2.05) is 24.5 Å². The van der Waals surface area contributed by atoms with Crippen LogP contribution in [0.15, 0.2) is 35.5 Å². The van der Waals surface area contributed by atoms with Gasteiger partial charge in [0.2, 0.25) is 5.95 Å². The van der Waals surface area contributed by atoms with Gasteiger partial charge in [0.05, 0.1) is 6.33 Å². The fourth-order valence-electron chi connectivity index (χ4n) is 1.78. The summed E-state index contributed by atoms with van der Waals surface area (Å²) in [5.74, 6) is 0.821. The van der Waals surface area contributed by atoms with Crippen molar-refractivity contribution >= 4 is 40.4 Å². The molecule has 0 atom stereocenters. The first kappa shape index (κ1) is 11.8. The number of thioether (sulfide) groups is 1. The standard InChI is InChI=1S/C12H12N6S/c1-19-8-4-2-3-7(5-8)16-11-9-10(15-6-14-9)17-12(13)18-11/h2-6H,1H3,(H4,13,14,15,16,17,18). The molecule has 3 rings (SSSR count). The van der Waals surface area contributed by atoms with Gasteiger partial charge < -0.3 is 16.0 Å². The molecule has 2 aromatic heterocycles. The van der Waals surface area contributed by atoms with E-state index in [0.29, 0.717) is 11.5 Å². The highest BCUT2D eigenvalue weighted by molar-refractivity contribution is 7.98. The van der Waals surface area contributed by atoms with Crippen molar-refractivity contribution in [3.8, 4) is 0 Å². The first-order valence-corrected chi connectivity index (χ1v) is 6.86. The molecule has 0 saturated carbocycles. The highest BCUT2D eigenvalue weighted by Crippen LogP contribution is 2.24. The number of fused-ring (bicyclic) bond motifs is 1. The molecular weight excluding hydrogens is 260 g/mol. The number of hydrogen-bond acceptors (Lipinski definition) is 6. The maximum absolute atomic E-state index is 5.67.